The molecule has 0 amide bonds. The van der Waals surface area contributed by atoms with Gasteiger partial charge in [0, 0.05) is 30.9 Å². The Morgan fingerprint density at radius 2 is 2.00 bits per heavy atom. The van der Waals surface area contributed by atoms with Crippen molar-refractivity contribution >= 4 is 29.0 Å². The smallest absolute Gasteiger partial charge is 0.153 e. The van der Waals surface area contributed by atoms with E-state index in [4.69, 9.17) is 38.9 Å². The number of pyridine rings is 1. The van der Waals surface area contributed by atoms with Gasteiger partial charge in [-0.3, -0.25) is 0 Å². The number of nitrogens with two attached hydrogens (primary N) is 1. The van der Waals surface area contributed by atoms with Crippen molar-refractivity contribution < 1.29 is 5.11 Å². The topological polar surface area (TPSA) is 112 Å². The fourth-order valence-corrected chi connectivity index (χ4v) is 5.70. The minimum absolute atomic E-state index is 0.0317. The largest absolute Gasteiger partial charge is 0.390 e. The van der Waals surface area contributed by atoms with E-state index in [9.17, 15) is 10.4 Å². The molecule has 1 aliphatic carbocycles. The van der Waals surface area contributed by atoms with Gasteiger partial charge in [0.15, 0.2) is 5.82 Å². The molecule has 1 aliphatic heterocycles. The summed E-state index contributed by atoms with van der Waals surface area (Å²) in [4.78, 5) is 15.7. The fraction of sp³-hybridized carbons (Fsp3) is 0.360. The molecule has 3 heterocycles. The Balaban J connectivity index is 1.41. The van der Waals surface area contributed by atoms with Gasteiger partial charge in [-0.2, -0.15) is 5.26 Å². The number of hydrogen-bond acceptors (Lipinski definition) is 7. The summed E-state index contributed by atoms with van der Waals surface area (Å²) in [5.41, 5.74) is 12.1. The van der Waals surface area contributed by atoms with E-state index in [1.54, 1.807) is 12.3 Å². The number of anilines is 1. The van der Waals surface area contributed by atoms with Gasteiger partial charge in [0.05, 0.1) is 34.7 Å². The fourth-order valence-electron chi connectivity index (χ4n) is 5.34. The Labute approximate surface area is 208 Å². The normalized spacial score (nSPS) is 18.7. The van der Waals surface area contributed by atoms with Crippen LogP contribution in [-0.4, -0.2) is 33.1 Å². The van der Waals surface area contributed by atoms with Crippen molar-refractivity contribution in [3.05, 3.63) is 68.7 Å². The highest BCUT2D eigenvalue weighted by Gasteiger charge is 2.46. The molecule has 2 aromatic heterocycles. The maximum Gasteiger partial charge on any atom is 0.153 e. The predicted molar refractivity (Wildman–Crippen MR) is 132 cm³/mol. The number of rotatable bonds is 3. The van der Waals surface area contributed by atoms with Crippen LogP contribution in [0.2, 0.25) is 10.2 Å². The molecule has 174 valence electrons. The highest BCUT2D eigenvalue weighted by atomic mass is 35.5. The minimum atomic E-state index is -0.240. The third-order valence-electron chi connectivity index (χ3n) is 7.24. The van der Waals surface area contributed by atoms with Crippen LogP contribution in [0.25, 0.3) is 11.3 Å². The van der Waals surface area contributed by atoms with E-state index in [-0.39, 0.29) is 23.2 Å². The molecule has 1 spiro atoms. The number of halogens is 2. The molecule has 7 nitrogen and oxygen atoms in total. The van der Waals surface area contributed by atoms with Gasteiger partial charge in [0.1, 0.15) is 10.8 Å². The number of nitriles is 1. The first-order chi connectivity index (χ1) is 16.4. The molecule has 0 bridgehead atoms. The highest BCUT2D eigenvalue weighted by molar-refractivity contribution is 6.42. The number of aliphatic hydroxyl groups is 1. The number of hydrogen-bond donors (Lipinski definition) is 2. The summed E-state index contributed by atoms with van der Waals surface area (Å²) < 4.78 is 0. The maximum absolute atomic E-state index is 10.1. The molecule has 5 rings (SSSR count). The van der Waals surface area contributed by atoms with E-state index in [1.165, 1.54) is 5.56 Å². The second-order valence-corrected chi connectivity index (χ2v) is 9.81. The molecule has 34 heavy (non-hydrogen) atoms. The molecule has 1 atom stereocenters. The van der Waals surface area contributed by atoms with Crippen LogP contribution in [0.1, 0.15) is 47.0 Å². The lowest BCUT2D eigenvalue weighted by atomic mass is 9.73. The van der Waals surface area contributed by atoms with Crippen LogP contribution in [0, 0.1) is 23.7 Å². The molecule has 0 radical (unpaired) electrons. The summed E-state index contributed by atoms with van der Waals surface area (Å²) in [5.74, 6) is 0.686. The SMILES string of the molecule is Cc1nc(N2CCC3(CC2)Cc2ccc(C#N)cc2[C@H]3N)c(CO)nc1-c1ccnc(Cl)c1Cl. The average Bonchev–Trinajstić information content (AvgIpc) is 3.12. The summed E-state index contributed by atoms with van der Waals surface area (Å²) in [6.07, 6.45) is 4.28. The van der Waals surface area contributed by atoms with Gasteiger partial charge >= 0.3 is 0 Å². The molecule has 0 unspecified atom stereocenters. The van der Waals surface area contributed by atoms with E-state index in [0.29, 0.717) is 39.0 Å². The number of aliphatic hydroxyl groups excluding tert-OH is 1. The van der Waals surface area contributed by atoms with Crippen molar-refractivity contribution in [3.63, 3.8) is 0 Å². The van der Waals surface area contributed by atoms with Crippen molar-refractivity contribution in [2.75, 3.05) is 18.0 Å². The van der Waals surface area contributed by atoms with Crippen molar-refractivity contribution in [2.24, 2.45) is 11.1 Å². The van der Waals surface area contributed by atoms with E-state index in [0.717, 1.165) is 37.9 Å². The van der Waals surface area contributed by atoms with E-state index >= 15 is 0 Å². The molecule has 3 aromatic rings. The summed E-state index contributed by atoms with van der Waals surface area (Å²) in [6.45, 7) is 3.15. The number of aryl methyl sites for hydroxylation is 1. The number of nitrogens with zero attached hydrogens (tertiary/aromatic N) is 5. The quantitative estimate of drug-likeness (QED) is 0.520. The van der Waals surface area contributed by atoms with Gasteiger partial charge in [0.25, 0.3) is 0 Å². The Morgan fingerprint density at radius 1 is 1.24 bits per heavy atom. The standard InChI is InChI=1S/C25H24Cl2N6O/c1-14-21(17-4-7-30-23(27)20(17)26)32-19(13-34)24(31-14)33-8-5-25(6-9-33)11-16-3-2-15(12-28)10-18(16)22(25)29/h2-4,7,10,22,34H,5-6,8-9,11,13,29H2,1H3/t22-/m1/s1. The van der Waals surface area contributed by atoms with Crippen LogP contribution in [-0.2, 0) is 13.0 Å². The van der Waals surface area contributed by atoms with Gasteiger partial charge in [-0.15, -0.1) is 0 Å². The van der Waals surface area contributed by atoms with Crippen molar-refractivity contribution in [1.29, 1.82) is 5.26 Å². The number of piperidine rings is 1. The molecule has 1 aromatic carbocycles. The maximum atomic E-state index is 10.1. The van der Waals surface area contributed by atoms with Crippen LogP contribution >= 0.6 is 23.2 Å². The first kappa shape index (κ1) is 23.0. The lowest BCUT2D eigenvalue weighted by molar-refractivity contribution is 0.186. The minimum Gasteiger partial charge on any atom is -0.390 e. The monoisotopic (exact) mass is 494 g/mol. The zero-order valence-electron chi connectivity index (χ0n) is 18.7. The van der Waals surface area contributed by atoms with Crippen molar-refractivity contribution in [2.45, 2.75) is 38.8 Å². The molecule has 1 saturated heterocycles. The van der Waals surface area contributed by atoms with Gasteiger partial charge in [-0.25, -0.2) is 15.0 Å². The highest BCUT2D eigenvalue weighted by Crippen LogP contribution is 2.51. The lowest BCUT2D eigenvalue weighted by Gasteiger charge is -2.43. The van der Waals surface area contributed by atoms with E-state index < -0.39 is 0 Å². The second-order valence-electron chi connectivity index (χ2n) is 9.08. The van der Waals surface area contributed by atoms with E-state index in [1.807, 2.05) is 25.1 Å². The van der Waals surface area contributed by atoms with Crippen LogP contribution in [0.3, 0.4) is 0 Å². The molecule has 9 heteroatoms. The van der Waals surface area contributed by atoms with Crippen LogP contribution in [0.15, 0.2) is 30.5 Å². The zero-order valence-corrected chi connectivity index (χ0v) is 20.2. The average molecular weight is 495 g/mol. The molecule has 3 N–H and O–H groups in total. The second kappa shape index (κ2) is 8.79. The van der Waals surface area contributed by atoms with Crippen LogP contribution in [0.5, 0.6) is 0 Å². The molecule has 1 fully saturated rings. The summed E-state index contributed by atoms with van der Waals surface area (Å²) >= 11 is 12.4. The Hall–Kier alpha value is -2.76. The first-order valence-corrected chi connectivity index (χ1v) is 11.9. The Kier molecular flexibility index (Phi) is 5.95. The number of aromatic nitrogens is 3. The predicted octanol–water partition coefficient (Wildman–Crippen LogP) is 4.36. The summed E-state index contributed by atoms with van der Waals surface area (Å²) in [7, 11) is 0. The summed E-state index contributed by atoms with van der Waals surface area (Å²) in [6, 6.07) is 9.72. The first-order valence-electron chi connectivity index (χ1n) is 11.2. The third kappa shape index (κ3) is 3.71. The molecular weight excluding hydrogens is 471 g/mol. The molecule has 2 aliphatic rings. The lowest BCUT2D eigenvalue weighted by Crippen LogP contribution is -2.45. The Bertz CT molecular complexity index is 1310. The summed E-state index contributed by atoms with van der Waals surface area (Å²) in [5, 5.41) is 19.9. The Morgan fingerprint density at radius 3 is 2.71 bits per heavy atom. The van der Waals surface area contributed by atoms with Crippen LogP contribution in [0.4, 0.5) is 5.82 Å². The van der Waals surface area contributed by atoms with E-state index in [2.05, 4.69) is 16.0 Å². The third-order valence-corrected chi connectivity index (χ3v) is 8.01. The van der Waals surface area contributed by atoms with Crippen molar-refractivity contribution in [1.82, 2.24) is 15.0 Å². The molecule has 0 saturated carbocycles. The van der Waals surface area contributed by atoms with Gasteiger partial charge in [0.2, 0.25) is 0 Å². The number of benzene rings is 1. The number of fused-ring (bicyclic) bond motifs is 1. The van der Waals surface area contributed by atoms with Crippen LogP contribution < -0.4 is 10.6 Å². The zero-order chi connectivity index (χ0) is 24.0. The van der Waals surface area contributed by atoms with Gasteiger partial charge in [-0.05, 0) is 60.9 Å². The van der Waals surface area contributed by atoms with Gasteiger partial charge < -0.3 is 15.7 Å². The molecular formula is C25H24Cl2N6O. The van der Waals surface area contributed by atoms with Crippen molar-refractivity contribution in [3.8, 4) is 17.3 Å². The van der Waals surface area contributed by atoms with Gasteiger partial charge in [-0.1, -0.05) is 29.3 Å².